The molecule has 64 valence electrons. The molecule has 12 heavy (non-hydrogen) atoms. The van der Waals surface area contributed by atoms with Crippen LogP contribution in [0.1, 0.15) is 12.8 Å². The lowest BCUT2D eigenvalue weighted by Gasteiger charge is -2.23. The summed E-state index contributed by atoms with van der Waals surface area (Å²) in [6, 6.07) is 0. The van der Waals surface area contributed by atoms with Crippen molar-refractivity contribution in [1.29, 1.82) is 0 Å². The van der Waals surface area contributed by atoms with E-state index in [0.717, 1.165) is 4.90 Å². The van der Waals surface area contributed by atoms with Gasteiger partial charge in [0, 0.05) is 13.0 Å². The van der Waals surface area contributed by atoms with Crippen molar-refractivity contribution in [2.75, 3.05) is 6.54 Å². The zero-order valence-electron chi connectivity index (χ0n) is 6.24. The van der Waals surface area contributed by atoms with Crippen LogP contribution in [0.5, 0.6) is 0 Å². The van der Waals surface area contributed by atoms with Crippen molar-refractivity contribution in [3.63, 3.8) is 0 Å². The lowest BCUT2D eigenvalue weighted by molar-refractivity contribution is -0.119. The number of piperidine rings is 1. The summed E-state index contributed by atoms with van der Waals surface area (Å²) in [5.41, 5.74) is 0.286. The number of amides is 1. The highest BCUT2D eigenvalue weighted by atomic mass is 32.1. The Bertz CT molecular complexity index is 280. The van der Waals surface area contributed by atoms with Gasteiger partial charge in [0.15, 0.2) is 0 Å². The van der Waals surface area contributed by atoms with E-state index >= 15 is 0 Å². The molecule has 1 aliphatic rings. The van der Waals surface area contributed by atoms with Crippen molar-refractivity contribution in [1.82, 2.24) is 4.90 Å². The molecule has 0 aromatic rings. The van der Waals surface area contributed by atoms with Gasteiger partial charge < -0.3 is 5.11 Å². The van der Waals surface area contributed by atoms with Gasteiger partial charge in [0.1, 0.15) is 5.78 Å². The average molecular weight is 185 g/mol. The van der Waals surface area contributed by atoms with Gasteiger partial charge in [-0.1, -0.05) is 0 Å². The lowest BCUT2D eigenvalue weighted by atomic mass is 10.1. The molecule has 1 amide bonds. The van der Waals surface area contributed by atoms with Crippen LogP contribution in [0.3, 0.4) is 0 Å². The normalized spacial score (nSPS) is 17.5. The first-order valence-corrected chi connectivity index (χ1v) is 3.82. The van der Waals surface area contributed by atoms with Crippen LogP contribution in [-0.4, -0.2) is 33.5 Å². The van der Waals surface area contributed by atoms with Crippen molar-refractivity contribution in [3.8, 4) is 0 Å². The quantitative estimate of drug-likeness (QED) is 0.567. The van der Waals surface area contributed by atoms with Gasteiger partial charge in [-0.15, -0.1) is 0 Å². The maximum Gasteiger partial charge on any atom is 0.412 e. The highest BCUT2D eigenvalue weighted by molar-refractivity contribution is 7.78. The summed E-state index contributed by atoms with van der Waals surface area (Å²) in [6.45, 7) is 0.202. The van der Waals surface area contributed by atoms with Crippen LogP contribution in [0.4, 0.5) is 4.79 Å². The number of carbonyl (C=O) groups excluding carboxylic acids is 1. The molecule has 1 fully saturated rings. The molecule has 0 unspecified atom stereocenters. The molecule has 0 atom stereocenters. The molecule has 0 aromatic carbocycles. The standard InChI is InChI=1S/C7H7NO3S/c9-6-1-2-8(7(10)11)5(3-6)4-12/h1-3H2,(H,10,11). The predicted molar refractivity (Wildman–Crippen MR) is 45.1 cm³/mol. The van der Waals surface area contributed by atoms with Gasteiger partial charge in [-0.05, 0) is 17.2 Å². The zero-order chi connectivity index (χ0) is 9.14. The number of carbonyl (C=O) groups is 2. The number of hydrogen-bond acceptors (Lipinski definition) is 3. The van der Waals surface area contributed by atoms with Crippen molar-refractivity contribution >= 4 is 29.1 Å². The van der Waals surface area contributed by atoms with Gasteiger partial charge >= 0.3 is 6.09 Å². The summed E-state index contributed by atoms with van der Waals surface area (Å²) in [6.07, 6.45) is -0.711. The van der Waals surface area contributed by atoms with Crippen LogP contribution in [0.2, 0.25) is 0 Å². The topological polar surface area (TPSA) is 57.6 Å². The SMILES string of the molecule is O=C1CCN(C(=O)O)C(=C=S)C1. The van der Waals surface area contributed by atoms with Crippen LogP contribution in [-0.2, 0) is 4.79 Å². The summed E-state index contributed by atoms with van der Waals surface area (Å²) in [7, 11) is 0. The summed E-state index contributed by atoms with van der Waals surface area (Å²) in [5.74, 6) is 0.0138. The second-order valence-electron chi connectivity index (χ2n) is 2.45. The Labute approximate surface area is 74.5 Å². The third-order valence-electron chi connectivity index (χ3n) is 1.65. The Morgan fingerprint density at radius 1 is 1.67 bits per heavy atom. The molecule has 1 aliphatic heterocycles. The van der Waals surface area contributed by atoms with Crippen LogP contribution in [0.15, 0.2) is 5.70 Å². The molecule has 0 spiro atoms. The smallest absolute Gasteiger partial charge is 0.412 e. The molecule has 4 nitrogen and oxygen atoms in total. The number of allylic oxidation sites excluding steroid dienone is 1. The third-order valence-corrected chi connectivity index (χ3v) is 1.89. The zero-order valence-corrected chi connectivity index (χ0v) is 7.06. The Morgan fingerprint density at radius 3 is 2.83 bits per heavy atom. The highest BCUT2D eigenvalue weighted by Gasteiger charge is 2.24. The van der Waals surface area contributed by atoms with E-state index in [1.54, 1.807) is 0 Å². The average Bonchev–Trinajstić information content (AvgIpc) is 2.03. The molecule has 1 rings (SSSR count). The Balaban J connectivity index is 2.84. The first kappa shape index (κ1) is 8.90. The van der Waals surface area contributed by atoms with Gasteiger partial charge in [-0.2, -0.15) is 0 Å². The van der Waals surface area contributed by atoms with Crippen LogP contribution in [0, 0.1) is 0 Å². The van der Waals surface area contributed by atoms with E-state index in [4.69, 9.17) is 5.11 Å². The minimum absolute atomic E-state index is 0.0138. The highest BCUT2D eigenvalue weighted by Crippen LogP contribution is 2.15. The fourth-order valence-corrected chi connectivity index (χ4v) is 1.23. The molecule has 0 radical (unpaired) electrons. The van der Waals surface area contributed by atoms with E-state index in [1.807, 2.05) is 0 Å². The first-order valence-electron chi connectivity index (χ1n) is 3.41. The third kappa shape index (κ3) is 1.69. The second-order valence-corrected chi connectivity index (χ2v) is 2.65. The molecule has 0 aromatic heterocycles. The number of ketones is 1. The van der Waals surface area contributed by atoms with Crippen molar-refractivity contribution in [2.24, 2.45) is 0 Å². The number of rotatable bonds is 0. The number of Topliss-reactive ketones (excluding diaryl/α,β-unsaturated/α-hetero) is 1. The number of likely N-dealkylation sites (tertiary alicyclic amines) is 1. The van der Waals surface area contributed by atoms with E-state index in [0.29, 0.717) is 0 Å². The van der Waals surface area contributed by atoms with Gasteiger partial charge in [0.25, 0.3) is 0 Å². The van der Waals surface area contributed by atoms with Gasteiger partial charge in [0.2, 0.25) is 0 Å². The summed E-state index contributed by atoms with van der Waals surface area (Å²) >= 11 is 4.48. The Kier molecular flexibility index (Phi) is 2.58. The molecule has 0 aliphatic carbocycles. The molecular weight excluding hydrogens is 178 g/mol. The Morgan fingerprint density at radius 2 is 2.33 bits per heavy atom. The summed E-state index contributed by atoms with van der Waals surface area (Å²) < 4.78 is 0. The molecule has 0 saturated carbocycles. The first-order chi connectivity index (χ1) is 5.65. The molecule has 1 saturated heterocycles. The Hall–Kier alpha value is -1.19. The number of hydrogen-bond donors (Lipinski definition) is 1. The van der Waals surface area contributed by atoms with E-state index in [2.05, 4.69) is 17.2 Å². The molecule has 5 heteroatoms. The molecular formula is C7H7NO3S. The molecule has 1 N–H and O–H groups in total. The number of thiocarbonyl (C=S) groups is 1. The fraction of sp³-hybridized carbons (Fsp3) is 0.429. The monoisotopic (exact) mass is 185 g/mol. The maximum absolute atomic E-state index is 10.9. The minimum atomic E-state index is -1.07. The second kappa shape index (κ2) is 3.47. The van der Waals surface area contributed by atoms with Crippen molar-refractivity contribution < 1.29 is 14.7 Å². The van der Waals surface area contributed by atoms with E-state index in [9.17, 15) is 9.59 Å². The number of carboxylic acid groups (broad SMARTS) is 1. The van der Waals surface area contributed by atoms with Crippen molar-refractivity contribution in [2.45, 2.75) is 12.8 Å². The van der Waals surface area contributed by atoms with Crippen LogP contribution >= 0.6 is 12.2 Å². The predicted octanol–water partition coefficient (Wildman–Crippen LogP) is 0.812. The van der Waals surface area contributed by atoms with E-state index < -0.39 is 6.09 Å². The van der Waals surface area contributed by atoms with Gasteiger partial charge in [-0.3, -0.25) is 9.69 Å². The maximum atomic E-state index is 10.9. The lowest BCUT2D eigenvalue weighted by Crippen LogP contribution is -2.36. The van der Waals surface area contributed by atoms with Crippen molar-refractivity contribution in [3.05, 3.63) is 5.70 Å². The molecule has 1 heterocycles. The molecule has 0 bridgehead atoms. The van der Waals surface area contributed by atoms with Crippen LogP contribution < -0.4 is 0 Å². The van der Waals surface area contributed by atoms with Crippen LogP contribution in [0.25, 0.3) is 0 Å². The number of nitrogens with zero attached hydrogens (tertiary/aromatic N) is 1. The van der Waals surface area contributed by atoms with Gasteiger partial charge in [0.05, 0.1) is 12.1 Å². The largest absolute Gasteiger partial charge is 0.465 e. The van der Waals surface area contributed by atoms with E-state index in [1.165, 1.54) is 0 Å². The van der Waals surface area contributed by atoms with E-state index in [-0.39, 0.29) is 30.9 Å². The minimum Gasteiger partial charge on any atom is -0.465 e. The summed E-state index contributed by atoms with van der Waals surface area (Å²) in [5, 5.41) is 10.9. The fourth-order valence-electron chi connectivity index (χ4n) is 1.04. The van der Waals surface area contributed by atoms with Gasteiger partial charge in [-0.25, -0.2) is 4.79 Å². The summed E-state index contributed by atoms with van der Waals surface area (Å²) in [4.78, 5) is 22.5.